The van der Waals surface area contributed by atoms with Crippen LogP contribution in [0.2, 0.25) is 0 Å². The minimum absolute atomic E-state index is 0.274. The number of anilines is 2. The number of rotatable bonds is 6. The van der Waals surface area contributed by atoms with Gasteiger partial charge in [-0.2, -0.15) is 0 Å². The van der Waals surface area contributed by atoms with Gasteiger partial charge in [-0.15, -0.1) is 0 Å². The molecule has 1 aliphatic rings. The van der Waals surface area contributed by atoms with E-state index < -0.39 is 0 Å². The van der Waals surface area contributed by atoms with Crippen LogP contribution in [0.15, 0.2) is 48.5 Å². The molecule has 0 unspecified atom stereocenters. The van der Waals surface area contributed by atoms with E-state index in [1.54, 1.807) is 0 Å². The summed E-state index contributed by atoms with van der Waals surface area (Å²) in [5, 5.41) is 11.4. The Morgan fingerprint density at radius 1 is 0.765 bits per heavy atom. The van der Waals surface area contributed by atoms with Gasteiger partial charge in [-0.25, -0.2) is 19.6 Å². The topological polar surface area (TPSA) is 140 Å². The first kappa shape index (κ1) is 21.7. The number of para-hydroxylation sites is 4. The minimum atomic E-state index is -0.274. The summed E-state index contributed by atoms with van der Waals surface area (Å²) in [5.74, 6) is 1.61. The molecular weight excluding hydrogens is 432 g/mol. The van der Waals surface area contributed by atoms with Gasteiger partial charge >= 0.3 is 12.1 Å². The van der Waals surface area contributed by atoms with E-state index in [1.807, 2.05) is 48.5 Å². The summed E-state index contributed by atoms with van der Waals surface area (Å²) in [7, 11) is 0. The van der Waals surface area contributed by atoms with Gasteiger partial charge in [0.2, 0.25) is 11.9 Å². The number of hydrogen-bond donors (Lipinski definition) is 6. The van der Waals surface area contributed by atoms with Crippen LogP contribution < -0.4 is 21.3 Å². The molecule has 0 spiro atoms. The van der Waals surface area contributed by atoms with E-state index >= 15 is 0 Å². The fourth-order valence-electron chi connectivity index (χ4n) is 4.57. The Morgan fingerprint density at radius 3 is 1.71 bits per heavy atom. The Balaban J connectivity index is 1.04. The molecule has 2 atom stereocenters. The first-order valence-electron chi connectivity index (χ1n) is 11.6. The molecule has 0 radical (unpaired) electrons. The molecule has 0 saturated heterocycles. The van der Waals surface area contributed by atoms with Gasteiger partial charge in [0.1, 0.15) is 0 Å². The van der Waals surface area contributed by atoms with Crippen LogP contribution in [0.25, 0.3) is 22.1 Å². The molecule has 176 valence electrons. The molecule has 34 heavy (non-hydrogen) atoms. The second kappa shape index (κ2) is 9.82. The molecule has 2 heterocycles. The Kier molecular flexibility index (Phi) is 6.28. The Hall–Kier alpha value is -4.08. The largest absolute Gasteiger partial charge is 0.338 e. The highest BCUT2D eigenvalue weighted by molar-refractivity contribution is 5.90. The average Bonchev–Trinajstić information content (AvgIpc) is 3.44. The van der Waals surface area contributed by atoms with Crippen molar-refractivity contribution < 1.29 is 9.59 Å². The summed E-state index contributed by atoms with van der Waals surface area (Å²) in [4.78, 5) is 39.5. The van der Waals surface area contributed by atoms with Crippen LogP contribution in [0.4, 0.5) is 21.5 Å². The van der Waals surface area contributed by atoms with Crippen molar-refractivity contribution in [1.29, 1.82) is 0 Å². The lowest BCUT2D eigenvalue weighted by Gasteiger charge is -2.29. The molecule has 1 fully saturated rings. The van der Waals surface area contributed by atoms with Crippen LogP contribution >= 0.6 is 0 Å². The molecule has 1 saturated carbocycles. The minimum Gasteiger partial charge on any atom is -0.338 e. The van der Waals surface area contributed by atoms with Crippen molar-refractivity contribution in [2.75, 3.05) is 23.7 Å². The van der Waals surface area contributed by atoms with E-state index in [0.29, 0.717) is 36.8 Å². The molecule has 5 rings (SSSR count). The average molecular weight is 461 g/mol. The van der Waals surface area contributed by atoms with Crippen LogP contribution in [-0.4, -0.2) is 45.1 Å². The third-order valence-electron chi connectivity index (χ3n) is 6.24. The number of benzene rings is 2. The van der Waals surface area contributed by atoms with Crippen LogP contribution in [0.5, 0.6) is 0 Å². The first-order valence-corrected chi connectivity index (χ1v) is 11.6. The van der Waals surface area contributed by atoms with E-state index in [0.717, 1.165) is 47.8 Å². The number of aromatic amines is 2. The summed E-state index contributed by atoms with van der Waals surface area (Å²) in [6.07, 6.45) is 4.16. The normalized spacial score (nSPS) is 18.0. The summed E-state index contributed by atoms with van der Waals surface area (Å²) in [6.45, 7) is 1.18. The quantitative estimate of drug-likeness (QED) is 0.257. The number of urea groups is 2. The zero-order valence-corrected chi connectivity index (χ0v) is 18.7. The van der Waals surface area contributed by atoms with Crippen LogP contribution in [0.3, 0.4) is 0 Å². The molecule has 2 aromatic carbocycles. The van der Waals surface area contributed by atoms with Gasteiger partial charge in [0, 0.05) is 13.1 Å². The number of amides is 4. The summed E-state index contributed by atoms with van der Waals surface area (Å²) in [5.41, 5.74) is 3.38. The molecule has 10 heteroatoms. The van der Waals surface area contributed by atoms with Crippen molar-refractivity contribution in [2.45, 2.75) is 25.7 Å². The Labute approximate surface area is 196 Å². The van der Waals surface area contributed by atoms with Crippen molar-refractivity contribution in [3.8, 4) is 0 Å². The second-order valence-corrected chi connectivity index (χ2v) is 8.77. The Bertz CT molecular complexity index is 1130. The monoisotopic (exact) mass is 460 g/mol. The summed E-state index contributed by atoms with van der Waals surface area (Å²) in [6, 6.07) is 14.7. The van der Waals surface area contributed by atoms with Gasteiger partial charge in [0.25, 0.3) is 0 Å². The van der Waals surface area contributed by atoms with Crippen LogP contribution in [0.1, 0.15) is 25.7 Å². The van der Waals surface area contributed by atoms with Gasteiger partial charge in [-0.1, -0.05) is 30.7 Å². The lowest BCUT2D eigenvalue weighted by molar-refractivity contribution is 0.230. The molecule has 10 nitrogen and oxygen atoms in total. The standard InChI is InChI=1S/C24H28N8O2/c33-23(31-21-27-17-8-1-2-9-18(17)28-21)25-13-15-6-5-7-16(12-15)14-26-24(34)32-22-29-19-10-3-4-11-20(19)30-22/h1-4,8-11,15-16H,5-7,12-14H2,(H3,25,27,28,31,33)(H3,26,29,30,32,34)/t15-,16-/m1/s1. The van der Waals surface area contributed by atoms with Crippen molar-refractivity contribution in [2.24, 2.45) is 11.8 Å². The van der Waals surface area contributed by atoms with Crippen LogP contribution in [-0.2, 0) is 0 Å². The van der Waals surface area contributed by atoms with Crippen molar-refractivity contribution in [3.63, 3.8) is 0 Å². The van der Waals surface area contributed by atoms with Gasteiger partial charge in [-0.3, -0.25) is 10.6 Å². The molecule has 4 amide bonds. The molecule has 1 aliphatic carbocycles. The highest BCUT2D eigenvalue weighted by Gasteiger charge is 2.23. The van der Waals surface area contributed by atoms with E-state index in [2.05, 4.69) is 41.2 Å². The number of nitrogens with one attached hydrogen (secondary N) is 6. The maximum atomic E-state index is 12.3. The maximum Gasteiger partial charge on any atom is 0.321 e. The Morgan fingerprint density at radius 2 is 1.24 bits per heavy atom. The second-order valence-electron chi connectivity index (χ2n) is 8.77. The zero-order chi connectivity index (χ0) is 23.3. The van der Waals surface area contributed by atoms with Crippen LogP contribution in [0, 0.1) is 11.8 Å². The predicted octanol–water partition coefficient (Wildman–Crippen LogP) is 4.19. The first-order chi connectivity index (χ1) is 16.6. The number of carbonyl (C=O) groups is 2. The number of carbonyl (C=O) groups excluding carboxylic acids is 2. The number of imidazole rings is 2. The number of nitrogens with zero attached hydrogens (tertiary/aromatic N) is 2. The number of aromatic nitrogens is 4. The molecule has 2 aromatic heterocycles. The molecule has 6 N–H and O–H groups in total. The molecule has 4 aromatic rings. The van der Waals surface area contributed by atoms with E-state index in [-0.39, 0.29) is 12.1 Å². The van der Waals surface area contributed by atoms with Crippen molar-refractivity contribution >= 4 is 46.0 Å². The van der Waals surface area contributed by atoms with E-state index in [4.69, 9.17) is 0 Å². The predicted molar refractivity (Wildman–Crippen MR) is 132 cm³/mol. The fourth-order valence-corrected chi connectivity index (χ4v) is 4.57. The van der Waals surface area contributed by atoms with Crippen molar-refractivity contribution in [1.82, 2.24) is 30.6 Å². The molecule has 0 aliphatic heterocycles. The molecular formula is C24H28N8O2. The highest BCUT2D eigenvalue weighted by atomic mass is 16.2. The summed E-state index contributed by atoms with van der Waals surface area (Å²) < 4.78 is 0. The number of fused-ring (bicyclic) bond motifs is 2. The van der Waals surface area contributed by atoms with Crippen molar-refractivity contribution in [3.05, 3.63) is 48.5 Å². The third-order valence-corrected chi connectivity index (χ3v) is 6.24. The zero-order valence-electron chi connectivity index (χ0n) is 18.7. The maximum absolute atomic E-state index is 12.3. The SMILES string of the molecule is O=C(NC[C@@H]1CCC[C@@H](CNC(=O)Nc2nc3ccccc3[nH]2)C1)Nc1nc2ccccc2[nH]1. The number of H-pyrrole nitrogens is 2. The fraction of sp³-hybridized carbons (Fsp3) is 0.333. The van der Waals surface area contributed by atoms with Gasteiger partial charge < -0.3 is 20.6 Å². The van der Waals surface area contributed by atoms with E-state index in [9.17, 15) is 9.59 Å². The van der Waals surface area contributed by atoms with E-state index in [1.165, 1.54) is 0 Å². The third kappa shape index (κ3) is 5.28. The smallest absolute Gasteiger partial charge is 0.321 e. The van der Waals surface area contributed by atoms with Gasteiger partial charge in [-0.05, 0) is 55.4 Å². The summed E-state index contributed by atoms with van der Waals surface area (Å²) >= 11 is 0. The molecule has 0 bridgehead atoms. The lowest BCUT2D eigenvalue weighted by atomic mass is 9.81. The van der Waals surface area contributed by atoms with Gasteiger partial charge in [0.15, 0.2) is 0 Å². The van der Waals surface area contributed by atoms with Gasteiger partial charge in [0.05, 0.1) is 22.1 Å². The lowest BCUT2D eigenvalue weighted by Crippen LogP contribution is -2.38. The highest BCUT2D eigenvalue weighted by Crippen LogP contribution is 2.28. The number of hydrogen-bond acceptors (Lipinski definition) is 4.